The molecule has 0 bridgehead atoms. The molecule has 0 aliphatic carbocycles. The van der Waals surface area contributed by atoms with Crippen LogP contribution in [0.1, 0.15) is 16.7 Å². The van der Waals surface area contributed by atoms with Crippen LogP contribution in [-0.2, 0) is 11.3 Å². The molecule has 0 spiro atoms. The van der Waals surface area contributed by atoms with Crippen molar-refractivity contribution in [2.45, 2.75) is 13.5 Å². The Labute approximate surface area is 263 Å². The maximum Gasteiger partial charge on any atom is 0.267 e. The first-order valence-corrected chi connectivity index (χ1v) is 15.4. The number of nitrogens with zero attached hydrogens (tertiary/aromatic N) is 5. The Bertz CT molecular complexity index is 1880. The largest absolute Gasteiger partial charge is 0.497 e. The van der Waals surface area contributed by atoms with E-state index in [0.717, 1.165) is 35.7 Å². The van der Waals surface area contributed by atoms with Crippen LogP contribution in [0.15, 0.2) is 70.5 Å². The molecule has 2 saturated heterocycles. The Morgan fingerprint density at radius 3 is 2.52 bits per heavy atom. The van der Waals surface area contributed by atoms with Crippen molar-refractivity contribution in [3.8, 4) is 17.2 Å². The van der Waals surface area contributed by atoms with E-state index in [9.17, 15) is 9.59 Å². The lowest BCUT2D eigenvalue weighted by Crippen LogP contribution is -2.47. The summed E-state index contributed by atoms with van der Waals surface area (Å²) < 4.78 is 18.2. The number of aromatic nitrogens is 2. The highest BCUT2D eigenvalue weighted by Gasteiger charge is 2.34. The van der Waals surface area contributed by atoms with Crippen molar-refractivity contribution >= 4 is 57.4 Å². The molecule has 4 aromatic rings. The molecule has 44 heavy (non-hydrogen) atoms. The van der Waals surface area contributed by atoms with Gasteiger partial charge in [0.15, 0.2) is 11.5 Å². The smallest absolute Gasteiger partial charge is 0.267 e. The number of methoxy groups -OCH3 is 1. The zero-order valence-corrected chi connectivity index (χ0v) is 25.8. The quantitative estimate of drug-likeness (QED) is 0.226. The summed E-state index contributed by atoms with van der Waals surface area (Å²) in [5.74, 6) is 2.46. The second-order valence-electron chi connectivity index (χ2n) is 10.7. The summed E-state index contributed by atoms with van der Waals surface area (Å²) in [5, 5.41) is 0. The Balaban J connectivity index is 1.20. The standard InChI is InChI=1S/C32H29N5O5S2/c1-20-4-3-11-36-28(20)33-29(35-14-12-34(13-15-35)22-6-8-23(40-2)9-7-22)24(30(36)38)17-27-31(39)37(32(43)44-27)18-21-5-10-25-26(16-21)42-19-41-25/h3-11,16-17H,12-15,18-19H2,1-2H3. The van der Waals surface area contributed by atoms with E-state index in [0.29, 0.717) is 50.8 Å². The molecule has 7 rings (SSSR count). The minimum absolute atomic E-state index is 0.177. The van der Waals surface area contributed by atoms with E-state index >= 15 is 0 Å². The van der Waals surface area contributed by atoms with Crippen molar-refractivity contribution in [3.63, 3.8) is 0 Å². The molecule has 2 aromatic carbocycles. The predicted octanol–water partition coefficient (Wildman–Crippen LogP) is 4.47. The summed E-state index contributed by atoms with van der Waals surface area (Å²) in [6.45, 7) is 5.22. The molecule has 5 heterocycles. The predicted molar refractivity (Wildman–Crippen MR) is 175 cm³/mol. The number of rotatable bonds is 6. The van der Waals surface area contributed by atoms with Crippen LogP contribution in [0.3, 0.4) is 0 Å². The fourth-order valence-electron chi connectivity index (χ4n) is 5.63. The van der Waals surface area contributed by atoms with Crippen molar-refractivity contribution in [1.82, 2.24) is 14.3 Å². The number of aryl methyl sites for hydroxylation is 1. The molecular weight excluding hydrogens is 599 g/mol. The van der Waals surface area contributed by atoms with Crippen LogP contribution in [-0.4, -0.2) is 64.6 Å². The number of hydrogen-bond acceptors (Lipinski definition) is 10. The minimum atomic E-state index is -0.248. The summed E-state index contributed by atoms with van der Waals surface area (Å²) in [6.07, 6.45) is 3.37. The molecule has 0 saturated carbocycles. The summed E-state index contributed by atoms with van der Waals surface area (Å²) in [7, 11) is 1.66. The normalized spacial score (nSPS) is 17.3. The summed E-state index contributed by atoms with van der Waals surface area (Å²) in [6, 6.07) is 17.4. The third kappa shape index (κ3) is 5.13. The second kappa shape index (κ2) is 11.5. The first-order valence-electron chi connectivity index (χ1n) is 14.2. The van der Waals surface area contributed by atoms with Crippen LogP contribution in [0.4, 0.5) is 11.5 Å². The lowest BCUT2D eigenvalue weighted by molar-refractivity contribution is -0.122. The third-order valence-corrected chi connectivity index (χ3v) is 9.39. The third-order valence-electron chi connectivity index (χ3n) is 8.01. The average Bonchev–Trinajstić information content (AvgIpc) is 3.62. The fraction of sp³-hybridized carbons (Fsp3) is 0.250. The second-order valence-corrected chi connectivity index (χ2v) is 12.3. The van der Waals surface area contributed by atoms with E-state index in [2.05, 4.69) is 21.9 Å². The van der Waals surface area contributed by atoms with Crippen LogP contribution >= 0.6 is 24.0 Å². The van der Waals surface area contributed by atoms with Gasteiger partial charge in [-0.3, -0.25) is 18.9 Å². The van der Waals surface area contributed by atoms with E-state index in [1.165, 1.54) is 11.8 Å². The van der Waals surface area contributed by atoms with Crippen molar-refractivity contribution in [1.29, 1.82) is 0 Å². The topological polar surface area (TPSA) is 88.9 Å². The number of hydrogen-bond donors (Lipinski definition) is 0. The number of piperazine rings is 1. The number of benzene rings is 2. The highest BCUT2D eigenvalue weighted by molar-refractivity contribution is 8.26. The van der Waals surface area contributed by atoms with Crippen molar-refractivity contribution in [2.75, 3.05) is 49.9 Å². The number of carbonyl (C=O) groups excluding carboxylic acids is 1. The molecule has 10 nitrogen and oxygen atoms in total. The van der Waals surface area contributed by atoms with Gasteiger partial charge < -0.3 is 24.0 Å². The van der Waals surface area contributed by atoms with E-state index in [1.54, 1.807) is 28.7 Å². The van der Waals surface area contributed by atoms with E-state index in [4.69, 9.17) is 31.4 Å². The number of ether oxygens (including phenoxy) is 3. The number of fused-ring (bicyclic) bond motifs is 2. The first-order chi connectivity index (χ1) is 21.4. The summed E-state index contributed by atoms with van der Waals surface area (Å²) >= 11 is 6.81. The van der Waals surface area contributed by atoms with E-state index in [1.807, 2.05) is 49.4 Å². The number of carbonyl (C=O) groups is 1. The van der Waals surface area contributed by atoms with Gasteiger partial charge in [-0.15, -0.1) is 0 Å². The lowest BCUT2D eigenvalue weighted by atomic mass is 10.1. The van der Waals surface area contributed by atoms with Gasteiger partial charge in [0.1, 0.15) is 21.5 Å². The van der Waals surface area contributed by atoms with Gasteiger partial charge in [0.2, 0.25) is 6.79 Å². The van der Waals surface area contributed by atoms with Gasteiger partial charge >= 0.3 is 0 Å². The van der Waals surface area contributed by atoms with Crippen molar-refractivity contribution in [2.24, 2.45) is 0 Å². The summed E-state index contributed by atoms with van der Waals surface area (Å²) in [4.78, 5) is 39.0. The molecule has 0 radical (unpaired) electrons. The molecule has 3 aliphatic rings. The molecule has 0 N–H and O–H groups in total. The van der Waals surface area contributed by atoms with Crippen LogP contribution in [0, 0.1) is 6.92 Å². The number of thiocarbonyl (C=S) groups is 1. The lowest BCUT2D eigenvalue weighted by Gasteiger charge is -2.37. The van der Waals surface area contributed by atoms with Gasteiger partial charge in [-0.2, -0.15) is 0 Å². The van der Waals surface area contributed by atoms with Gasteiger partial charge in [-0.25, -0.2) is 4.98 Å². The highest BCUT2D eigenvalue weighted by atomic mass is 32.2. The molecule has 3 aliphatic heterocycles. The molecule has 2 fully saturated rings. The van der Waals surface area contributed by atoms with Crippen LogP contribution < -0.4 is 29.6 Å². The van der Waals surface area contributed by atoms with Gasteiger partial charge in [0.05, 0.1) is 24.1 Å². The SMILES string of the molecule is COc1ccc(N2CCN(c3nc4c(C)cccn4c(=O)c3C=C3SC(=S)N(Cc4ccc5c(c4)OCO5)C3=O)CC2)cc1. The maximum absolute atomic E-state index is 14.0. The summed E-state index contributed by atoms with van der Waals surface area (Å²) in [5.41, 5.74) is 3.60. The van der Waals surface area contributed by atoms with E-state index < -0.39 is 0 Å². The Kier molecular flexibility index (Phi) is 7.39. The number of amides is 1. The Morgan fingerprint density at radius 2 is 1.75 bits per heavy atom. The molecule has 2 aromatic heterocycles. The molecular formula is C32H29N5O5S2. The van der Waals surface area contributed by atoms with Crippen LogP contribution in [0.5, 0.6) is 17.2 Å². The highest BCUT2D eigenvalue weighted by Crippen LogP contribution is 2.37. The maximum atomic E-state index is 14.0. The molecule has 0 unspecified atom stereocenters. The van der Waals surface area contributed by atoms with Crippen LogP contribution in [0.2, 0.25) is 0 Å². The molecule has 1 amide bonds. The molecule has 12 heteroatoms. The Hall–Kier alpha value is -4.55. The van der Waals surface area contributed by atoms with Crippen molar-refractivity contribution in [3.05, 3.63) is 92.7 Å². The van der Waals surface area contributed by atoms with Gasteiger partial charge in [0, 0.05) is 38.1 Å². The monoisotopic (exact) mass is 627 g/mol. The van der Waals surface area contributed by atoms with Gasteiger partial charge in [-0.05, 0) is 66.6 Å². The number of thioether (sulfide) groups is 1. The van der Waals surface area contributed by atoms with Crippen LogP contribution in [0.25, 0.3) is 11.7 Å². The van der Waals surface area contributed by atoms with Gasteiger partial charge in [0.25, 0.3) is 11.5 Å². The zero-order chi connectivity index (χ0) is 30.4. The minimum Gasteiger partial charge on any atom is -0.497 e. The molecule has 224 valence electrons. The van der Waals surface area contributed by atoms with Crippen molar-refractivity contribution < 1.29 is 19.0 Å². The van der Waals surface area contributed by atoms with E-state index in [-0.39, 0.29) is 24.8 Å². The first kappa shape index (κ1) is 28.2. The fourth-order valence-corrected chi connectivity index (χ4v) is 6.86. The average molecular weight is 628 g/mol. The Morgan fingerprint density at radius 1 is 1.00 bits per heavy atom. The number of anilines is 2. The molecule has 0 atom stereocenters. The van der Waals surface area contributed by atoms with Gasteiger partial charge in [-0.1, -0.05) is 36.1 Å². The zero-order valence-electron chi connectivity index (χ0n) is 24.2. The number of pyridine rings is 1.